The number of alkyl halides is 3. The monoisotopic (exact) mass is 649 g/mol. The molecule has 250 valence electrons. The largest absolute Gasteiger partial charge is 0.497 e. The average molecular weight is 650 g/mol. The minimum atomic E-state index is -4.51. The number of halogens is 3. The first-order chi connectivity index (χ1) is 22.5. The molecule has 2 atom stereocenters. The highest BCUT2D eigenvalue weighted by molar-refractivity contribution is 6.04. The van der Waals surface area contributed by atoms with Crippen LogP contribution < -0.4 is 15.0 Å². The van der Waals surface area contributed by atoms with E-state index in [4.69, 9.17) is 4.74 Å². The van der Waals surface area contributed by atoms with Crippen molar-refractivity contribution in [1.29, 1.82) is 0 Å². The van der Waals surface area contributed by atoms with Gasteiger partial charge in [0.15, 0.2) is 0 Å². The Kier molecular flexibility index (Phi) is 9.48. The molecule has 3 heterocycles. The number of piperazine rings is 1. The second-order valence-corrected chi connectivity index (χ2v) is 13.0. The maximum absolute atomic E-state index is 14.5. The molecule has 3 aromatic rings. The number of rotatable bonds is 7. The lowest BCUT2D eigenvalue weighted by Gasteiger charge is -2.44. The van der Waals surface area contributed by atoms with Crippen molar-refractivity contribution in [2.75, 3.05) is 77.2 Å². The maximum Gasteiger partial charge on any atom is 0.416 e. The molecule has 0 saturated carbocycles. The Balaban J connectivity index is 1.40. The van der Waals surface area contributed by atoms with Crippen molar-refractivity contribution in [3.05, 3.63) is 89.0 Å². The first-order valence-electron chi connectivity index (χ1n) is 16.2. The van der Waals surface area contributed by atoms with Crippen LogP contribution in [0.2, 0.25) is 0 Å². The lowest BCUT2D eigenvalue weighted by molar-refractivity contribution is -0.137. The molecule has 1 N–H and O–H groups in total. The van der Waals surface area contributed by atoms with Gasteiger partial charge < -0.3 is 29.7 Å². The van der Waals surface area contributed by atoms with Crippen LogP contribution in [0.1, 0.15) is 51.8 Å². The van der Waals surface area contributed by atoms with Crippen LogP contribution >= 0.6 is 0 Å². The van der Waals surface area contributed by atoms with Crippen molar-refractivity contribution in [1.82, 2.24) is 14.7 Å². The van der Waals surface area contributed by atoms with E-state index in [9.17, 15) is 22.8 Å². The smallest absolute Gasteiger partial charge is 0.416 e. The number of ether oxygens (including phenoxy) is 1. The van der Waals surface area contributed by atoms with E-state index in [1.807, 2.05) is 24.3 Å². The SMILES string of the molecule is COc1ccc2c(c1)C(=O)N(CC1CCN(C)CC1)C(c1ccc(C(F)(F)F)cc1)C2C(=O)Nc1cccc(N2CCN(C)CC2)c1. The molecule has 0 aromatic heterocycles. The second-order valence-electron chi connectivity index (χ2n) is 13.0. The summed E-state index contributed by atoms with van der Waals surface area (Å²) in [6, 6.07) is 16.9. The van der Waals surface area contributed by atoms with Crippen LogP contribution in [0.5, 0.6) is 5.75 Å². The number of carbonyl (C=O) groups excluding carboxylic acids is 2. The molecule has 6 rings (SSSR count). The van der Waals surface area contributed by atoms with Gasteiger partial charge in [-0.2, -0.15) is 13.2 Å². The minimum absolute atomic E-state index is 0.184. The molecule has 0 bridgehead atoms. The number of likely N-dealkylation sites (N-methyl/N-ethyl adjacent to an activating group) is 1. The highest BCUT2D eigenvalue weighted by Gasteiger charge is 2.45. The van der Waals surface area contributed by atoms with Gasteiger partial charge in [-0.05, 0) is 99.5 Å². The second kappa shape index (κ2) is 13.6. The fourth-order valence-corrected chi connectivity index (χ4v) is 7.06. The molecule has 0 spiro atoms. The summed E-state index contributed by atoms with van der Waals surface area (Å²) in [5.74, 6) is -0.808. The third-order valence-electron chi connectivity index (χ3n) is 9.88. The Labute approximate surface area is 274 Å². The molecule has 2 fully saturated rings. The molecule has 3 aliphatic heterocycles. The van der Waals surface area contributed by atoms with Crippen LogP contribution in [0, 0.1) is 5.92 Å². The van der Waals surface area contributed by atoms with Gasteiger partial charge in [0.2, 0.25) is 5.91 Å². The van der Waals surface area contributed by atoms with E-state index in [2.05, 4.69) is 34.1 Å². The van der Waals surface area contributed by atoms with E-state index in [0.717, 1.165) is 69.9 Å². The standard InChI is InChI=1S/C36H42F3N5O3/c1-41-15-13-24(14-16-41)23-44-33(25-7-9-26(10-8-25)36(37,38)39)32(30-12-11-29(47-3)22-31(30)35(44)46)34(45)40-27-5-4-6-28(21-27)43-19-17-42(2)18-20-43/h4-12,21-22,24,32-33H,13-20,23H2,1-3H3,(H,40,45). The quantitative estimate of drug-likeness (QED) is 0.353. The number of benzene rings is 3. The fraction of sp³-hybridized carbons (Fsp3) is 0.444. The number of fused-ring (bicyclic) bond motifs is 1. The van der Waals surface area contributed by atoms with Crippen LogP contribution in [-0.4, -0.2) is 93.5 Å². The van der Waals surface area contributed by atoms with E-state index < -0.39 is 23.7 Å². The van der Waals surface area contributed by atoms with E-state index in [1.165, 1.54) is 19.2 Å². The summed E-state index contributed by atoms with van der Waals surface area (Å²) in [6.45, 7) is 5.78. The number of nitrogens with zero attached hydrogens (tertiary/aromatic N) is 4. The Morgan fingerprint density at radius 1 is 0.894 bits per heavy atom. The molecule has 2 amide bonds. The molecule has 8 nitrogen and oxygen atoms in total. The van der Waals surface area contributed by atoms with Crippen LogP contribution in [0.3, 0.4) is 0 Å². The van der Waals surface area contributed by atoms with Gasteiger partial charge in [0.25, 0.3) is 5.91 Å². The van der Waals surface area contributed by atoms with Crippen LogP contribution in [0.4, 0.5) is 24.5 Å². The maximum atomic E-state index is 14.5. The van der Waals surface area contributed by atoms with Crippen LogP contribution in [0.25, 0.3) is 0 Å². The molecule has 2 saturated heterocycles. The zero-order chi connectivity index (χ0) is 33.3. The Bertz CT molecular complexity index is 1580. The first-order valence-corrected chi connectivity index (χ1v) is 16.2. The van der Waals surface area contributed by atoms with Crippen molar-refractivity contribution >= 4 is 23.2 Å². The summed E-state index contributed by atoms with van der Waals surface area (Å²) in [4.78, 5) is 37.4. The third-order valence-corrected chi connectivity index (χ3v) is 9.88. The van der Waals surface area contributed by atoms with E-state index >= 15 is 0 Å². The number of hydrogen-bond donors (Lipinski definition) is 1. The Morgan fingerprint density at radius 2 is 1.57 bits per heavy atom. The van der Waals surface area contributed by atoms with E-state index in [0.29, 0.717) is 34.7 Å². The molecule has 3 aromatic carbocycles. The summed E-state index contributed by atoms with van der Waals surface area (Å²) in [7, 11) is 5.68. The minimum Gasteiger partial charge on any atom is -0.497 e. The molecule has 0 radical (unpaired) electrons. The molecular weight excluding hydrogens is 607 g/mol. The highest BCUT2D eigenvalue weighted by atomic mass is 19.4. The van der Waals surface area contributed by atoms with Gasteiger partial charge in [-0.15, -0.1) is 0 Å². The van der Waals surface area contributed by atoms with Crippen molar-refractivity contribution in [3.63, 3.8) is 0 Å². The van der Waals surface area contributed by atoms with Gasteiger partial charge >= 0.3 is 6.18 Å². The summed E-state index contributed by atoms with van der Waals surface area (Å²) in [5.41, 5.74) is 2.21. The van der Waals surface area contributed by atoms with Crippen molar-refractivity contribution < 1.29 is 27.5 Å². The fourth-order valence-electron chi connectivity index (χ4n) is 7.06. The summed E-state index contributed by atoms with van der Waals surface area (Å²) >= 11 is 0. The lowest BCUT2D eigenvalue weighted by atomic mass is 9.78. The van der Waals surface area contributed by atoms with Crippen molar-refractivity contribution in [3.8, 4) is 5.75 Å². The van der Waals surface area contributed by atoms with Crippen LogP contribution in [0.15, 0.2) is 66.7 Å². The number of anilines is 2. The van der Waals surface area contributed by atoms with Gasteiger partial charge in [-0.1, -0.05) is 24.3 Å². The molecular formula is C36H42F3N5O3. The number of piperidine rings is 1. The molecule has 11 heteroatoms. The summed E-state index contributed by atoms with van der Waals surface area (Å²) < 4.78 is 46.2. The highest BCUT2D eigenvalue weighted by Crippen LogP contribution is 2.45. The van der Waals surface area contributed by atoms with Gasteiger partial charge in [-0.25, -0.2) is 0 Å². The van der Waals surface area contributed by atoms with Crippen LogP contribution in [-0.2, 0) is 11.0 Å². The molecule has 2 unspecified atom stereocenters. The number of amides is 2. The number of hydrogen-bond acceptors (Lipinski definition) is 6. The third kappa shape index (κ3) is 7.11. The van der Waals surface area contributed by atoms with E-state index in [-0.39, 0.29) is 17.7 Å². The van der Waals surface area contributed by atoms with Gasteiger partial charge in [0.1, 0.15) is 5.75 Å². The lowest BCUT2D eigenvalue weighted by Crippen LogP contribution is -2.49. The normalized spacial score (nSPS) is 21.4. The zero-order valence-corrected chi connectivity index (χ0v) is 27.1. The van der Waals surface area contributed by atoms with Crippen molar-refractivity contribution in [2.45, 2.75) is 31.0 Å². The number of carbonyl (C=O) groups is 2. The number of nitrogens with one attached hydrogen (secondary N) is 1. The van der Waals surface area contributed by atoms with Gasteiger partial charge in [-0.3, -0.25) is 9.59 Å². The Hall–Kier alpha value is -4.09. The predicted molar refractivity (Wildman–Crippen MR) is 176 cm³/mol. The zero-order valence-electron chi connectivity index (χ0n) is 27.1. The number of likely N-dealkylation sites (tertiary alicyclic amines) is 1. The predicted octanol–water partition coefficient (Wildman–Crippen LogP) is 5.73. The average Bonchev–Trinajstić information content (AvgIpc) is 3.06. The Morgan fingerprint density at radius 3 is 2.23 bits per heavy atom. The topological polar surface area (TPSA) is 68.4 Å². The summed E-state index contributed by atoms with van der Waals surface area (Å²) in [5, 5.41) is 3.12. The van der Waals surface area contributed by atoms with Gasteiger partial charge in [0, 0.05) is 49.7 Å². The molecule has 47 heavy (non-hydrogen) atoms. The molecule has 3 aliphatic rings. The van der Waals surface area contributed by atoms with E-state index in [1.54, 1.807) is 23.1 Å². The summed E-state index contributed by atoms with van der Waals surface area (Å²) in [6.07, 6.45) is -2.76. The van der Waals surface area contributed by atoms with Crippen molar-refractivity contribution in [2.24, 2.45) is 5.92 Å². The number of methoxy groups -OCH3 is 1. The first kappa shape index (κ1) is 32.8. The molecule has 0 aliphatic carbocycles. The van der Waals surface area contributed by atoms with Gasteiger partial charge in [0.05, 0.1) is 24.6 Å².